The molecule has 26 heavy (non-hydrogen) atoms. The molecule has 0 radical (unpaired) electrons. The molecule has 3 N–H and O–H groups in total. The van der Waals surface area contributed by atoms with Gasteiger partial charge in [-0.3, -0.25) is 14.4 Å². The van der Waals surface area contributed by atoms with Crippen molar-refractivity contribution < 1.29 is 4.79 Å². The van der Waals surface area contributed by atoms with Crippen LogP contribution in [0.2, 0.25) is 0 Å². The minimum absolute atomic E-state index is 0. The summed E-state index contributed by atoms with van der Waals surface area (Å²) in [4.78, 5) is 41.0. The lowest BCUT2D eigenvalue weighted by Gasteiger charge is -2.42. The summed E-state index contributed by atoms with van der Waals surface area (Å²) in [5, 5.41) is 0. The van der Waals surface area contributed by atoms with E-state index in [0.29, 0.717) is 36.2 Å². The number of benzene rings is 1. The number of aryl methyl sites for hydroxylation is 1. The van der Waals surface area contributed by atoms with Gasteiger partial charge in [0.1, 0.15) is 0 Å². The van der Waals surface area contributed by atoms with Crippen molar-refractivity contribution in [2.45, 2.75) is 39.8 Å². The summed E-state index contributed by atoms with van der Waals surface area (Å²) in [6, 6.07) is 5.13. The van der Waals surface area contributed by atoms with Crippen LogP contribution < -0.4 is 16.9 Å². The minimum atomic E-state index is -0.677. The van der Waals surface area contributed by atoms with Crippen LogP contribution in [0.3, 0.4) is 0 Å². The third kappa shape index (κ3) is 3.41. The van der Waals surface area contributed by atoms with Crippen molar-refractivity contribution in [2.75, 3.05) is 13.1 Å². The molecule has 1 amide bonds. The van der Waals surface area contributed by atoms with Crippen LogP contribution in [-0.2, 0) is 6.54 Å². The molecular weight excluding hydrogens is 356 g/mol. The number of carbonyl (C=O) groups is 1. The number of fused-ring (bicyclic) bond motifs is 1. The molecule has 1 aromatic carbocycles. The van der Waals surface area contributed by atoms with E-state index in [1.807, 2.05) is 0 Å². The summed E-state index contributed by atoms with van der Waals surface area (Å²) in [6.45, 7) is 7.54. The normalized spacial score (nSPS) is 19.2. The lowest BCUT2D eigenvalue weighted by Crippen LogP contribution is -2.54. The van der Waals surface area contributed by atoms with Crippen molar-refractivity contribution in [1.29, 1.82) is 0 Å². The molecule has 1 atom stereocenters. The van der Waals surface area contributed by atoms with Crippen LogP contribution in [0.25, 0.3) is 11.0 Å². The van der Waals surface area contributed by atoms with Crippen molar-refractivity contribution in [3.63, 3.8) is 0 Å². The van der Waals surface area contributed by atoms with E-state index in [9.17, 15) is 14.4 Å². The summed E-state index contributed by atoms with van der Waals surface area (Å²) in [6.07, 6.45) is 0.762. The van der Waals surface area contributed by atoms with Gasteiger partial charge in [-0.25, -0.2) is 0 Å². The summed E-state index contributed by atoms with van der Waals surface area (Å²) in [5.41, 5.74) is 6.35. The Morgan fingerprint density at radius 3 is 2.65 bits per heavy atom. The van der Waals surface area contributed by atoms with Crippen LogP contribution in [0.5, 0.6) is 0 Å². The Balaban J connectivity index is 0.00000243. The number of amides is 1. The number of likely N-dealkylation sites (tertiary alicyclic amines) is 1. The molecule has 0 aliphatic carbocycles. The molecule has 1 aromatic heterocycles. The van der Waals surface area contributed by atoms with E-state index in [0.717, 1.165) is 6.42 Å². The van der Waals surface area contributed by atoms with Crippen LogP contribution in [0.4, 0.5) is 0 Å². The molecule has 7 nitrogen and oxygen atoms in total. The number of nitrogens with zero attached hydrogens (tertiary/aromatic N) is 2. The van der Waals surface area contributed by atoms with E-state index in [-0.39, 0.29) is 29.8 Å². The SMILES string of the molecule is CCn1c(=O)c(=O)[nH]c2cc(C(=O)N3CCC(N)C(C)(C)C3)ccc21.Cl. The smallest absolute Gasteiger partial charge is 0.316 e. The van der Waals surface area contributed by atoms with Crippen molar-refractivity contribution >= 4 is 29.3 Å². The molecule has 2 aromatic rings. The third-order valence-electron chi connectivity index (χ3n) is 5.14. The number of nitrogens with one attached hydrogen (secondary N) is 1. The zero-order valence-corrected chi connectivity index (χ0v) is 16.1. The van der Waals surface area contributed by atoms with Crippen molar-refractivity contribution in [2.24, 2.45) is 11.1 Å². The Labute approximate surface area is 157 Å². The maximum absolute atomic E-state index is 12.9. The van der Waals surface area contributed by atoms with Gasteiger partial charge >= 0.3 is 11.1 Å². The number of halogens is 1. The summed E-state index contributed by atoms with van der Waals surface area (Å²) in [5.74, 6) is -0.0861. The molecule has 1 aliphatic heterocycles. The second kappa shape index (κ2) is 7.25. The Bertz CT molecular complexity index is 948. The molecule has 0 bridgehead atoms. The van der Waals surface area contributed by atoms with Gasteiger partial charge in [-0.2, -0.15) is 0 Å². The predicted octanol–water partition coefficient (Wildman–Crippen LogP) is 1.33. The number of carbonyl (C=O) groups excluding carboxylic acids is 1. The fourth-order valence-electron chi connectivity index (χ4n) is 3.46. The Morgan fingerprint density at radius 1 is 1.35 bits per heavy atom. The number of rotatable bonds is 2. The molecule has 1 saturated heterocycles. The highest BCUT2D eigenvalue weighted by Gasteiger charge is 2.35. The molecule has 2 heterocycles. The maximum atomic E-state index is 12.9. The van der Waals surface area contributed by atoms with Crippen molar-refractivity contribution in [3.8, 4) is 0 Å². The summed E-state index contributed by atoms with van der Waals surface area (Å²) in [7, 11) is 0. The molecule has 8 heteroatoms. The third-order valence-corrected chi connectivity index (χ3v) is 5.14. The van der Waals surface area contributed by atoms with Crippen LogP contribution >= 0.6 is 12.4 Å². The van der Waals surface area contributed by atoms with Gasteiger partial charge in [0.15, 0.2) is 0 Å². The molecule has 1 aliphatic rings. The minimum Gasteiger partial charge on any atom is -0.338 e. The van der Waals surface area contributed by atoms with Crippen LogP contribution in [0.1, 0.15) is 37.6 Å². The predicted molar refractivity (Wildman–Crippen MR) is 104 cm³/mol. The Kier molecular flexibility index (Phi) is 5.63. The van der Waals surface area contributed by atoms with Crippen LogP contribution in [0.15, 0.2) is 27.8 Å². The fraction of sp³-hybridized carbons (Fsp3) is 0.500. The van der Waals surface area contributed by atoms with E-state index in [1.165, 1.54) is 4.57 Å². The van der Waals surface area contributed by atoms with E-state index in [2.05, 4.69) is 18.8 Å². The molecule has 3 rings (SSSR count). The van der Waals surface area contributed by atoms with Crippen molar-refractivity contribution in [1.82, 2.24) is 14.5 Å². The first kappa shape index (κ1) is 20.2. The number of hydrogen-bond donors (Lipinski definition) is 2. The summed E-state index contributed by atoms with van der Waals surface area (Å²) < 4.78 is 1.41. The van der Waals surface area contributed by atoms with E-state index >= 15 is 0 Å². The first-order valence-electron chi connectivity index (χ1n) is 8.56. The molecular formula is C18H25ClN4O3. The largest absolute Gasteiger partial charge is 0.338 e. The number of nitrogens with two attached hydrogens (primary N) is 1. The molecule has 142 valence electrons. The van der Waals surface area contributed by atoms with Crippen LogP contribution in [-0.4, -0.2) is 39.5 Å². The number of H-pyrrole nitrogens is 1. The number of aromatic amines is 1. The zero-order valence-electron chi connectivity index (χ0n) is 15.2. The second-order valence-electron chi connectivity index (χ2n) is 7.35. The Morgan fingerprint density at radius 2 is 2.04 bits per heavy atom. The van der Waals surface area contributed by atoms with Crippen LogP contribution in [0, 0.1) is 5.41 Å². The average Bonchev–Trinajstić information content (AvgIpc) is 2.57. The van der Waals surface area contributed by atoms with E-state index in [1.54, 1.807) is 30.0 Å². The van der Waals surface area contributed by atoms with Gasteiger partial charge in [-0.05, 0) is 37.0 Å². The van der Waals surface area contributed by atoms with Gasteiger partial charge in [0, 0.05) is 31.2 Å². The highest BCUT2D eigenvalue weighted by atomic mass is 35.5. The van der Waals surface area contributed by atoms with Crippen molar-refractivity contribution in [3.05, 3.63) is 44.5 Å². The lowest BCUT2D eigenvalue weighted by molar-refractivity contribution is 0.0533. The molecule has 1 unspecified atom stereocenters. The molecule has 0 spiro atoms. The lowest BCUT2D eigenvalue weighted by atomic mass is 9.79. The molecule has 1 fully saturated rings. The van der Waals surface area contributed by atoms with Gasteiger partial charge in [0.2, 0.25) is 0 Å². The molecule has 0 saturated carbocycles. The number of hydrogen-bond acceptors (Lipinski definition) is 4. The topological polar surface area (TPSA) is 101 Å². The van der Waals surface area contributed by atoms with Gasteiger partial charge in [0.25, 0.3) is 5.91 Å². The highest BCUT2D eigenvalue weighted by Crippen LogP contribution is 2.28. The Hall–Kier alpha value is -2.12. The summed E-state index contributed by atoms with van der Waals surface area (Å²) >= 11 is 0. The van der Waals surface area contributed by atoms with E-state index in [4.69, 9.17) is 5.73 Å². The zero-order chi connectivity index (χ0) is 18.4. The van der Waals surface area contributed by atoms with Gasteiger partial charge in [0.05, 0.1) is 11.0 Å². The fourth-order valence-corrected chi connectivity index (χ4v) is 3.46. The first-order valence-corrected chi connectivity index (χ1v) is 8.56. The van der Waals surface area contributed by atoms with Gasteiger partial charge in [-0.15, -0.1) is 12.4 Å². The highest BCUT2D eigenvalue weighted by molar-refractivity contribution is 5.97. The average molecular weight is 381 g/mol. The standard InChI is InChI=1S/C18H24N4O3.ClH/c1-4-22-13-6-5-11(9-12(13)20-15(23)17(22)25)16(24)21-8-7-14(19)18(2,3)10-21;/h5-6,9,14H,4,7-8,10,19H2,1-3H3,(H,20,23);1H. The number of aromatic nitrogens is 2. The maximum Gasteiger partial charge on any atom is 0.316 e. The van der Waals surface area contributed by atoms with Gasteiger partial charge < -0.3 is 20.2 Å². The van der Waals surface area contributed by atoms with Gasteiger partial charge in [-0.1, -0.05) is 13.8 Å². The number of piperidine rings is 1. The second-order valence-corrected chi connectivity index (χ2v) is 7.35. The monoisotopic (exact) mass is 380 g/mol. The quantitative estimate of drug-likeness (QED) is 0.767. The first-order chi connectivity index (χ1) is 11.7. The van der Waals surface area contributed by atoms with E-state index < -0.39 is 11.1 Å².